The maximum absolute atomic E-state index is 12.3. The zero-order chi connectivity index (χ0) is 22.1. The molecule has 1 heterocycles. The van der Waals surface area contributed by atoms with Gasteiger partial charge in [-0.3, -0.25) is 4.79 Å². The fourth-order valence-corrected chi connectivity index (χ4v) is 3.82. The zero-order valence-corrected chi connectivity index (χ0v) is 18.2. The number of aromatic nitrogens is 1. The molecule has 0 aliphatic carbocycles. The van der Waals surface area contributed by atoms with Gasteiger partial charge < -0.3 is 14.5 Å². The van der Waals surface area contributed by atoms with Crippen molar-refractivity contribution in [3.63, 3.8) is 0 Å². The number of ether oxygens (including phenoxy) is 1. The minimum atomic E-state index is -0.285. The molecule has 1 N–H and O–H groups in total. The quantitative estimate of drug-likeness (QED) is 0.306. The lowest BCUT2D eigenvalue weighted by molar-refractivity contribution is -0.118. The highest BCUT2D eigenvalue weighted by molar-refractivity contribution is 6.35. The molecule has 0 radical (unpaired) electrons. The van der Waals surface area contributed by atoms with Crippen LogP contribution in [-0.2, 0) is 4.79 Å². The Kier molecular flexibility index (Phi) is 5.43. The molecule has 32 heavy (non-hydrogen) atoms. The molecule has 0 spiro atoms. The smallest absolute Gasteiger partial charge is 0.262 e. The van der Waals surface area contributed by atoms with E-state index in [0.717, 1.165) is 16.3 Å². The number of oxazole rings is 1. The number of amides is 1. The third-order valence-electron chi connectivity index (χ3n) is 4.95. The van der Waals surface area contributed by atoms with E-state index in [1.165, 1.54) is 0 Å². The van der Waals surface area contributed by atoms with Gasteiger partial charge in [-0.15, -0.1) is 0 Å². The second-order valence-electron chi connectivity index (χ2n) is 7.13. The van der Waals surface area contributed by atoms with Crippen LogP contribution in [0.15, 0.2) is 83.3 Å². The Morgan fingerprint density at radius 1 is 0.938 bits per heavy atom. The number of fused-ring (bicyclic) bond motifs is 2. The topological polar surface area (TPSA) is 64.4 Å². The fourth-order valence-electron chi connectivity index (χ4n) is 3.46. The van der Waals surface area contributed by atoms with Crippen molar-refractivity contribution in [1.82, 2.24) is 4.98 Å². The van der Waals surface area contributed by atoms with Crippen LogP contribution >= 0.6 is 23.2 Å². The van der Waals surface area contributed by atoms with Crippen LogP contribution in [0, 0.1) is 0 Å². The Morgan fingerprint density at radius 2 is 1.72 bits per heavy atom. The summed E-state index contributed by atoms with van der Waals surface area (Å²) < 4.78 is 11.5. The predicted molar refractivity (Wildman–Crippen MR) is 128 cm³/mol. The minimum Gasteiger partial charge on any atom is -0.484 e. The first-order valence-electron chi connectivity index (χ1n) is 9.83. The van der Waals surface area contributed by atoms with E-state index < -0.39 is 0 Å². The van der Waals surface area contributed by atoms with Gasteiger partial charge in [0.2, 0.25) is 5.89 Å². The van der Waals surface area contributed by atoms with Gasteiger partial charge in [0.15, 0.2) is 12.2 Å². The first kappa shape index (κ1) is 20.4. The molecule has 0 atom stereocenters. The average Bonchev–Trinajstić information content (AvgIpc) is 3.22. The summed E-state index contributed by atoms with van der Waals surface area (Å²) in [6.45, 7) is -0.125. The lowest BCUT2D eigenvalue weighted by atomic mass is 10.0. The molecule has 0 aliphatic rings. The van der Waals surface area contributed by atoms with Crippen molar-refractivity contribution in [2.75, 3.05) is 11.9 Å². The van der Waals surface area contributed by atoms with E-state index in [1.54, 1.807) is 42.5 Å². The van der Waals surface area contributed by atoms with E-state index >= 15 is 0 Å². The lowest BCUT2D eigenvalue weighted by Crippen LogP contribution is -2.20. The second kappa shape index (κ2) is 8.54. The second-order valence-corrected chi connectivity index (χ2v) is 7.98. The monoisotopic (exact) mass is 462 g/mol. The summed E-state index contributed by atoms with van der Waals surface area (Å²) in [6, 6.07) is 23.7. The van der Waals surface area contributed by atoms with Gasteiger partial charge in [0.05, 0.1) is 0 Å². The van der Waals surface area contributed by atoms with E-state index in [1.807, 2.05) is 36.4 Å². The normalized spacial score (nSPS) is 11.1. The van der Waals surface area contributed by atoms with Gasteiger partial charge in [-0.1, -0.05) is 47.5 Å². The zero-order valence-electron chi connectivity index (χ0n) is 16.6. The van der Waals surface area contributed by atoms with Crippen molar-refractivity contribution in [2.24, 2.45) is 0 Å². The Bertz CT molecular complexity index is 1450. The van der Waals surface area contributed by atoms with Crippen molar-refractivity contribution in [1.29, 1.82) is 0 Å². The van der Waals surface area contributed by atoms with Crippen LogP contribution in [0.2, 0.25) is 10.0 Å². The summed E-state index contributed by atoms with van der Waals surface area (Å²) in [5.41, 5.74) is 2.70. The van der Waals surface area contributed by atoms with Gasteiger partial charge in [0.1, 0.15) is 11.3 Å². The Hall–Kier alpha value is -3.54. The summed E-state index contributed by atoms with van der Waals surface area (Å²) in [6.07, 6.45) is 0. The third kappa shape index (κ3) is 4.13. The van der Waals surface area contributed by atoms with Crippen LogP contribution in [0.3, 0.4) is 0 Å². The van der Waals surface area contributed by atoms with E-state index in [2.05, 4.69) is 10.3 Å². The highest BCUT2D eigenvalue weighted by atomic mass is 35.5. The Morgan fingerprint density at radius 3 is 2.56 bits per heavy atom. The summed E-state index contributed by atoms with van der Waals surface area (Å²) in [5.74, 6) is 0.769. The molecule has 5 rings (SSSR count). The van der Waals surface area contributed by atoms with Crippen molar-refractivity contribution >= 4 is 56.7 Å². The maximum Gasteiger partial charge on any atom is 0.262 e. The molecule has 0 saturated carbocycles. The van der Waals surface area contributed by atoms with Gasteiger partial charge in [0, 0.05) is 26.7 Å². The highest BCUT2D eigenvalue weighted by Gasteiger charge is 2.13. The molecule has 1 aromatic heterocycles. The largest absolute Gasteiger partial charge is 0.484 e. The van der Waals surface area contributed by atoms with E-state index in [4.69, 9.17) is 32.4 Å². The van der Waals surface area contributed by atoms with Crippen LogP contribution in [0.5, 0.6) is 5.75 Å². The molecule has 5 aromatic rings. The molecular weight excluding hydrogens is 447 g/mol. The molecule has 0 fully saturated rings. The number of carbonyl (C=O) groups is 1. The van der Waals surface area contributed by atoms with Gasteiger partial charge >= 0.3 is 0 Å². The van der Waals surface area contributed by atoms with Crippen molar-refractivity contribution in [3.05, 3.63) is 88.9 Å². The predicted octanol–water partition coefficient (Wildman–Crippen LogP) is 6.97. The van der Waals surface area contributed by atoms with Crippen molar-refractivity contribution in [3.8, 4) is 17.2 Å². The SMILES string of the molecule is O=C(COc1ccc(Cl)cc1)Nc1ccc2oc(-c3cccc4c(Cl)cccc34)nc2c1. The molecule has 0 aliphatic heterocycles. The molecule has 0 unspecified atom stereocenters. The number of benzene rings is 4. The van der Waals surface area contributed by atoms with E-state index in [-0.39, 0.29) is 12.5 Å². The fraction of sp³-hybridized carbons (Fsp3) is 0.0400. The van der Waals surface area contributed by atoms with Gasteiger partial charge in [-0.25, -0.2) is 4.98 Å². The molecule has 5 nitrogen and oxygen atoms in total. The molecule has 1 amide bonds. The van der Waals surface area contributed by atoms with Gasteiger partial charge in [-0.2, -0.15) is 0 Å². The van der Waals surface area contributed by atoms with Crippen molar-refractivity contribution in [2.45, 2.75) is 0 Å². The standard InChI is InChI=1S/C25H16Cl2N2O3/c26-15-7-10-17(11-8-15)31-14-24(30)28-16-9-12-23-22(13-16)29-25(32-23)20-5-1-4-19-18(20)3-2-6-21(19)27/h1-13H,14H2,(H,28,30). The molecule has 158 valence electrons. The molecule has 7 heteroatoms. The number of rotatable bonds is 5. The number of carbonyl (C=O) groups excluding carboxylic acids is 1. The van der Waals surface area contributed by atoms with Crippen LogP contribution in [-0.4, -0.2) is 17.5 Å². The highest BCUT2D eigenvalue weighted by Crippen LogP contribution is 2.34. The van der Waals surface area contributed by atoms with Gasteiger partial charge in [0.25, 0.3) is 5.91 Å². The van der Waals surface area contributed by atoms with Gasteiger partial charge in [-0.05, 0) is 60.0 Å². The Labute approximate surface area is 193 Å². The van der Waals surface area contributed by atoms with Crippen molar-refractivity contribution < 1.29 is 13.9 Å². The summed E-state index contributed by atoms with van der Waals surface area (Å²) >= 11 is 12.2. The molecule has 0 bridgehead atoms. The lowest BCUT2D eigenvalue weighted by Gasteiger charge is -2.07. The van der Waals surface area contributed by atoms with Crippen LogP contribution < -0.4 is 10.1 Å². The first-order valence-corrected chi connectivity index (χ1v) is 10.6. The number of anilines is 1. The Balaban J connectivity index is 1.36. The molecule has 4 aromatic carbocycles. The van der Waals surface area contributed by atoms with E-state index in [9.17, 15) is 4.79 Å². The maximum atomic E-state index is 12.3. The van der Waals surface area contributed by atoms with Crippen LogP contribution in [0.4, 0.5) is 5.69 Å². The van der Waals surface area contributed by atoms with Crippen LogP contribution in [0.1, 0.15) is 0 Å². The number of nitrogens with one attached hydrogen (secondary N) is 1. The summed E-state index contributed by atoms with van der Waals surface area (Å²) in [5, 5.41) is 5.98. The average molecular weight is 463 g/mol. The van der Waals surface area contributed by atoms with E-state index in [0.29, 0.717) is 38.5 Å². The summed E-state index contributed by atoms with van der Waals surface area (Å²) in [4.78, 5) is 16.9. The third-order valence-corrected chi connectivity index (χ3v) is 5.54. The summed E-state index contributed by atoms with van der Waals surface area (Å²) in [7, 11) is 0. The number of halogens is 2. The van der Waals surface area contributed by atoms with Crippen LogP contribution in [0.25, 0.3) is 33.3 Å². The number of hydrogen-bond acceptors (Lipinski definition) is 4. The molecular formula is C25H16Cl2N2O3. The number of hydrogen-bond donors (Lipinski definition) is 1. The first-order chi connectivity index (χ1) is 15.6. The molecule has 0 saturated heterocycles. The number of nitrogens with zero attached hydrogens (tertiary/aromatic N) is 1. The minimum absolute atomic E-state index is 0.125.